The Kier molecular flexibility index (Phi) is 4.94. The van der Waals surface area contributed by atoms with Crippen LogP contribution in [0.1, 0.15) is 29.9 Å². The number of nitrogens with zero attached hydrogens (tertiary/aromatic N) is 1. The molecule has 1 heterocycles. The van der Waals surface area contributed by atoms with E-state index in [0.29, 0.717) is 0 Å². The summed E-state index contributed by atoms with van der Waals surface area (Å²) in [5.74, 6) is 0. The topological polar surface area (TPSA) is 24.9 Å². The molecule has 2 aromatic rings. The van der Waals surface area contributed by atoms with Gasteiger partial charge in [0, 0.05) is 10.7 Å². The zero-order valence-electron chi connectivity index (χ0n) is 11.4. The van der Waals surface area contributed by atoms with Gasteiger partial charge in [0.25, 0.3) is 0 Å². The highest BCUT2D eigenvalue weighted by atomic mass is 35.5. The van der Waals surface area contributed by atoms with Crippen LogP contribution in [0.5, 0.6) is 0 Å². The van der Waals surface area contributed by atoms with Gasteiger partial charge in [0.05, 0.1) is 11.7 Å². The van der Waals surface area contributed by atoms with Crippen LogP contribution in [0.3, 0.4) is 0 Å². The van der Waals surface area contributed by atoms with E-state index in [4.69, 9.17) is 11.6 Å². The third-order valence-corrected chi connectivity index (χ3v) is 3.47. The summed E-state index contributed by atoms with van der Waals surface area (Å²) in [5.41, 5.74) is 3.26. The van der Waals surface area contributed by atoms with Gasteiger partial charge < -0.3 is 5.32 Å². The standard InChI is InChI=1S/C16H19ClN2/c1-3-18-16(15-10-6-7-12(2)19-15)11-13-8-4-5-9-14(13)17/h4-10,16,18H,3,11H2,1-2H3. The molecule has 1 aromatic heterocycles. The van der Waals surface area contributed by atoms with Gasteiger partial charge in [0.15, 0.2) is 0 Å². The van der Waals surface area contributed by atoms with Crippen molar-refractivity contribution in [3.8, 4) is 0 Å². The van der Waals surface area contributed by atoms with E-state index in [9.17, 15) is 0 Å². The largest absolute Gasteiger partial charge is 0.309 e. The van der Waals surface area contributed by atoms with Crippen LogP contribution < -0.4 is 5.32 Å². The Morgan fingerprint density at radius 2 is 1.95 bits per heavy atom. The Morgan fingerprint density at radius 1 is 1.16 bits per heavy atom. The van der Waals surface area contributed by atoms with Gasteiger partial charge in [0.1, 0.15) is 0 Å². The van der Waals surface area contributed by atoms with E-state index >= 15 is 0 Å². The van der Waals surface area contributed by atoms with Crippen LogP contribution in [0.25, 0.3) is 0 Å². The summed E-state index contributed by atoms with van der Waals surface area (Å²) >= 11 is 6.24. The van der Waals surface area contributed by atoms with Crippen molar-refractivity contribution in [3.05, 3.63) is 64.4 Å². The molecule has 100 valence electrons. The van der Waals surface area contributed by atoms with Crippen molar-refractivity contribution in [1.29, 1.82) is 0 Å². The minimum Gasteiger partial charge on any atom is -0.309 e. The van der Waals surface area contributed by atoms with Crippen molar-refractivity contribution >= 4 is 11.6 Å². The van der Waals surface area contributed by atoms with Gasteiger partial charge in [-0.1, -0.05) is 42.8 Å². The first kappa shape index (κ1) is 14.0. The molecule has 0 aliphatic heterocycles. The van der Waals surface area contributed by atoms with Crippen molar-refractivity contribution in [1.82, 2.24) is 10.3 Å². The number of benzene rings is 1. The molecule has 0 saturated heterocycles. The van der Waals surface area contributed by atoms with E-state index in [1.54, 1.807) is 0 Å². The minimum absolute atomic E-state index is 0.199. The van der Waals surface area contributed by atoms with Crippen molar-refractivity contribution in [2.24, 2.45) is 0 Å². The summed E-state index contributed by atoms with van der Waals surface area (Å²) in [6.07, 6.45) is 0.851. The van der Waals surface area contributed by atoms with E-state index in [1.165, 1.54) is 0 Å². The maximum Gasteiger partial charge on any atom is 0.0579 e. The average Bonchev–Trinajstić information content (AvgIpc) is 2.40. The first-order chi connectivity index (χ1) is 9.20. The maximum absolute atomic E-state index is 6.24. The van der Waals surface area contributed by atoms with Crippen LogP contribution in [-0.4, -0.2) is 11.5 Å². The number of hydrogen-bond donors (Lipinski definition) is 1. The van der Waals surface area contributed by atoms with Crippen molar-refractivity contribution in [3.63, 3.8) is 0 Å². The zero-order valence-corrected chi connectivity index (χ0v) is 12.1. The Morgan fingerprint density at radius 3 is 2.63 bits per heavy atom. The molecular formula is C16H19ClN2. The fourth-order valence-electron chi connectivity index (χ4n) is 2.17. The van der Waals surface area contributed by atoms with Crippen LogP contribution in [0.15, 0.2) is 42.5 Å². The quantitative estimate of drug-likeness (QED) is 0.893. The molecule has 0 amide bonds. The van der Waals surface area contributed by atoms with Gasteiger partial charge >= 0.3 is 0 Å². The number of nitrogens with one attached hydrogen (secondary N) is 1. The van der Waals surface area contributed by atoms with Crippen LogP contribution in [0, 0.1) is 6.92 Å². The van der Waals surface area contributed by atoms with E-state index in [2.05, 4.69) is 35.4 Å². The second-order valence-electron chi connectivity index (χ2n) is 4.61. The molecule has 0 aliphatic rings. The fraction of sp³-hybridized carbons (Fsp3) is 0.312. The molecule has 1 atom stereocenters. The molecule has 0 saturated carbocycles. The third kappa shape index (κ3) is 3.79. The van der Waals surface area contributed by atoms with Crippen molar-refractivity contribution in [2.75, 3.05) is 6.54 Å². The summed E-state index contributed by atoms with van der Waals surface area (Å²) in [4.78, 5) is 4.61. The summed E-state index contributed by atoms with van der Waals surface area (Å²) in [7, 11) is 0. The lowest BCUT2D eigenvalue weighted by molar-refractivity contribution is 0.536. The van der Waals surface area contributed by atoms with Gasteiger partial charge in [-0.05, 0) is 43.7 Å². The lowest BCUT2D eigenvalue weighted by atomic mass is 10.0. The minimum atomic E-state index is 0.199. The third-order valence-electron chi connectivity index (χ3n) is 3.10. The SMILES string of the molecule is CCNC(Cc1ccccc1Cl)c1cccc(C)n1. The Hall–Kier alpha value is -1.38. The molecule has 1 unspecified atom stereocenters. The van der Waals surface area contributed by atoms with Crippen molar-refractivity contribution in [2.45, 2.75) is 26.3 Å². The van der Waals surface area contributed by atoms with E-state index in [-0.39, 0.29) is 6.04 Å². The fourth-order valence-corrected chi connectivity index (χ4v) is 2.38. The molecule has 0 bridgehead atoms. The van der Waals surface area contributed by atoms with Gasteiger partial charge in [-0.15, -0.1) is 0 Å². The van der Waals surface area contributed by atoms with E-state index in [1.807, 2.05) is 31.2 Å². The Balaban J connectivity index is 2.24. The molecule has 3 heteroatoms. The zero-order chi connectivity index (χ0) is 13.7. The highest BCUT2D eigenvalue weighted by molar-refractivity contribution is 6.31. The molecule has 19 heavy (non-hydrogen) atoms. The Bertz CT molecular complexity index is 540. The number of aromatic nitrogens is 1. The highest BCUT2D eigenvalue weighted by Gasteiger charge is 2.14. The molecule has 0 fully saturated rings. The number of likely N-dealkylation sites (N-methyl/N-ethyl adjacent to an activating group) is 1. The normalized spacial score (nSPS) is 12.4. The predicted octanol–water partition coefficient (Wildman–Crippen LogP) is 3.94. The van der Waals surface area contributed by atoms with Crippen LogP contribution in [0.4, 0.5) is 0 Å². The van der Waals surface area contributed by atoms with Gasteiger partial charge in [-0.3, -0.25) is 4.98 Å². The average molecular weight is 275 g/mol. The second kappa shape index (κ2) is 6.69. The molecule has 0 radical (unpaired) electrons. The first-order valence-corrected chi connectivity index (χ1v) is 6.99. The number of rotatable bonds is 5. The smallest absolute Gasteiger partial charge is 0.0579 e. The molecule has 2 nitrogen and oxygen atoms in total. The number of hydrogen-bond acceptors (Lipinski definition) is 2. The van der Waals surface area contributed by atoms with Gasteiger partial charge in [-0.25, -0.2) is 0 Å². The monoisotopic (exact) mass is 274 g/mol. The number of pyridine rings is 1. The van der Waals surface area contributed by atoms with Gasteiger partial charge in [0.2, 0.25) is 0 Å². The molecule has 2 rings (SSSR count). The van der Waals surface area contributed by atoms with E-state index < -0.39 is 0 Å². The molecular weight excluding hydrogens is 256 g/mol. The lowest BCUT2D eigenvalue weighted by Gasteiger charge is -2.18. The van der Waals surface area contributed by atoms with Crippen LogP contribution in [0.2, 0.25) is 5.02 Å². The number of aryl methyl sites for hydroxylation is 1. The molecule has 1 aromatic carbocycles. The maximum atomic E-state index is 6.24. The highest BCUT2D eigenvalue weighted by Crippen LogP contribution is 2.22. The van der Waals surface area contributed by atoms with Crippen LogP contribution in [-0.2, 0) is 6.42 Å². The molecule has 0 aliphatic carbocycles. The van der Waals surface area contributed by atoms with E-state index in [0.717, 1.165) is 34.9 Å². The molecule has 1 N–H and O–H groups in total. The first-order valence-electron chi connectivity index (χ1n) is 6.61. The predicted molar refractivity (Wildman–Crippen MR) is 80.5 cm³/mol. The lowest BCUT2D eigenvalue weighted by Crippen LogP contribution is -2.24. The van der Waals surface area contributed by atoms with Crippen molar-refractivity contribution < 1.29 is 0 Å². The summed E-state index contributed by atoms with van der Waals surface area (Å²) in [6.45, 7) is 5.03. The second-order valence-corrected chi connectivity index (χ2v) is 5.02. The van der Waals surface area contributed by atoms with Crippen LogP contribution >= 0.6 is 11.6 Å². The Labute approximate surface area is 119 Å². The summed E-state index contributed by atoms with van der Waals surface area (Å²) < 4.78 is 0. The van der Waals surface area contributed by atoms with Gasteiger partial charge in [-0.2, -0.15) is 0 Å². The number of halogens is 1. The molecule has 0 spiro atoms. The summed E-state index contributed by atoms with van der Waals surface area (Å²) in [6, 6.07) is 14.3. The summed E-state index contributed by atoms with van der Waals surface area (Å²) in [5, 5.41) is 4.30.